The predicted molar refractivity (Wildman–Crippen MR) is 258 cm³/mol. The summed E-state index contributed by atoms with van der Waals surface area (Å²) in [6.07, 6.45) is 1.23. The third kappa shape index (κ3) is 14.1. The summed E-state index contributed by atoms with van der Waals surface area (Å²) in [7, 11) is 0. The van der Waals surface area contributed by atoms with Gasteiger partial charge in [-0.05, 0) is 98.5 Å². The summed E-state index contributed by atoms with van der Waals surface area (Å²) in [5.41, 5.74) is 3.32. The van der Waals surface area contributed by atoms with E-state index < -0.39 is 47.3 Å². The lowest BCUT2D eigenvalue weighted by molar-refractivity contribution is -0.127. The highest BCUT2D eigenvalue weighted by Crippen LogP contribution is 2.33. The van der Waals surface area contributed by atoms with Crippen LogP contribution in [0.1, 0.15) is 45.7 Å². The quantitative estimate of drug-likeness (QED) is 0.0317. The van der Waals surface area contributed by atoms with Crippen LogP contribution in [0.2, 0.25) is 10.0 Å². The number of anilines is 4. The fourth-order valence-electron chi connectivity index (χ4n) is 6.03. The van der Waals surface area contributed by atoms with E-state index in [0.717, 1.165) is 25.0 Å². The second-order valence-electron chi connectivity index (χ2n) is 14.1. The Kier molecular flexibility index (Phi) is 19.1. The first-order valence-electron chi connectivity index (χ1n) is 20.0. The van der Waals surface area contributed by atoms with Crippen LogP contribution in [-0.4, -0.2) is 71.5 Å². The molecule has 0 saturated heterocycles. The molecule has 0 aliphatic carbocycles. The topological polar surface area (TPSA) is 209 Å². The van der Waals surface area contributed by atoms with E-state index in [-0.39, 0.29) is 62.2 Å². The second-order valence-corrected chi connectivity index (χ2v) is 16.0. The number of alkyl halides is 3. The average molecular weight is 995 g/mol. The molecule has 2 unspecified atom stereocenters. The zero-order valence-corrected chi connectivity index (χ0v) is 39.0. The lowest BCUT2D eigenvalue weighted by Crippen LogP contribution is -2.32. The monoisotopic (exact) mass is 992 g/mol. The number of ketones is 2. The number of carbonyl (C=O) groups excluding carboxylic acids is 6. The van der Waals surface area contributed by atoms with Gasteiger partial charge in [0.2, 0.25) is 12.1 Å². The maximum atomic E-state index is 13.5. The van der Waals surface area contributed by atoms with Gasteiger partial charge in [0.05, 0.1) is 32.7 Å². The molecule has 0 aliphatic heterocycles. The number of ether oxygens (including phenoxy) is 1. The van der Waals surface area contributed by atoms with Gasteiger partial charge in [-0.1, -0.05) is 59.6 Å². The lowest BCUT2D eigenvalue weighted by Gasteiger charge is -2.16. The molecule has 0 heterocycles. The Bertz CT molecular complexity index is 2680. The summed E-state index contributed by atoms with van der Waals surface area (Å²) in [5, 5.41) is 26.6. The van der Waals surface area contributed by atoms with Gasteiger partial charge in [0.15, 0.2) is 11.6 Å². The molecule has 0 aromatic heterocycles. The molecule has 15 nitrogen and oxygen atoms in total. The molecule has 4 amide bonds. The Labute approximate surface area is 404 Å². The minimum absolute atomic E-state index is 0.0223. The molecule has 342 valence electrons. The van der Waals surface area contributed by atoms with Crippen molar-refractivity contribution >= 4 is 127 Å². The average Bonchev–Trinajstić information content (AvgIpc) is 3.27. The van der Waals surface area contributed by atoms with Crippen LogP contribution >= 0.6 is 58.0 Å². The van der Waals surface area contributed by atoms with E-state index in [1.807, 2.05) is 12.1 Å². The Morgan fingerprint density at radius 2 is 1.00 bits per heavy atom. The van der Waals surface area contributed by atoms with Crippen molar-refractivity contribution in [1.29, 1.82) is 0 Å². The molecule has 0 spiro atoms. The number of carbonyl (C=O) groups is 6. The fraction of sp³-hybridized carbons (Fsp3) is 0.217. The van der Waals surface area contributed by atoms with Crippen LogP contribution in [0.15, 0.2) is 124 Å². The molecule has 0 bridgehead atoms. The molecular weight excluding hydrogens is 954 g/mol. The number of Topliss-reactive ketones (excluding diaryl/α,β-unsaturated/α-hetero) is 2. The van der Waals surface area contributed by atoms with E-state index in [1.165, 1.54) is 54.6 Å². The number of hydrogen-bond donors (Lipinski definition) is 4. The molecule has 2 atom stereocenters. The molecule has 0 saturated carbocycles. The highest BCUT2D eigenvalue weighted by molar-refractivity contribution is 6.37. The molecule has 0 aliphatic rings. The smallest absolute Gasteiger partial charge is 0.258 e. The first-order chi connectivity index (χ1) is 31.7. The van der Waals surface area contributed by atoms with Crippen molar-refractivity contribution in [1.82, 2.24) is 0 Å². The molecule has 4 N–H and O–H groups in total. The number of nitrogens with one attached hydrogen (secondary N) is 4. The van der Waals surface area contributed by atoms with E-state index in [1.54, 1.807) is 36.4 Å². The Morgan fingerprint density at radius 1 is 0.545 bits per heavy atom. The summed E-state index contributed by atoms with van der Waals surface area (Å²) in [6.45, 7) is 2.27. The second kappa shape index (κ2) is 24.9. The van der Waals surface area contributed by atoms with Crippen molar-refractivity contribution in [2.45, 2.75) is 38.8 Å². The molecule has 66 heavy (non-hydrogen) atoms. The Morgan fingerprint density at radius 3 is 1.45 bits per heavy atom. The number of rotatable bonds is 21. The molecule has 5 aromatic rings. The van der Waals surface area contributed by atoms with E-state index in [9.17, 15) is 28.8 Å². The third-order valence-electron chi connectivity index (χ3n) is 9.25. The van der Waals surface area contributed by atoms with Gasteiger partial charge in [0.1, 0.15) is 23.7 Å². The molecule has 5 aromatic carbocycles. The lowest BCUT2D eigenvalue weighted by atomic mass is 10.1. The summed E-state index contributed by atoms with van der Waals surface area (Å²) in [6, 6.07) is 24.1. The van der Waals surface area contributed by atoms with Gasteiger partial charge in [0, 0.05) is 34.9 Å². The van der Waals surface area contributed by atoms with Crippen molar-refractivity contribution in [2.24, 2.45) is 20.5 Å². The summed E-state index contributed by atoms with van der Waals surface area (Å²) in [4.78, 5) is 78.6. The standard InChI is InChI=1S/C46H41Cl5N8O7/c1-26(60)41(58-56-36-13-5-11-33(39(36)50)43(62)52-30-9-3-7-28(23-30)17-19-47)45(64)54-32-15-16-35(38(25-32)66-22-21-49)55-46(65)42(27(2)61)59-57-37-14-6-12-34(40(37)51)44(63)53-31-10-4-8-29(24-31)18-20-48/h3-16,23-25,41-42H,17-22H2,1-2H3,(H,52,62)(H,53,63)(H,54,64)(H,55,65). The zero-order chi connectivity index (χ0) is 47.8. The number of halogens is 5. The Balaban J connectivity index is 1.28. The van der Waals surface area contributed by atoms with E-state index in [4.69, 9.17) is 62.7 Å². The molecule has 20 heteroatoms. The molecule has 0 fully saturated rings. The van der Waals surface area contributed by atoms with Crippen molar-refractivity contribution in [3.05, 3.63) is 135 Å². The highest BCUT2D eigenvalue weighted by Gasteiger charge is 2.27. The van der Waals surface area contributed by atoms with Crippen molar-refractivity contribution in [2.75, 3.05) is 45.5 Å². The van der Waals surface area contributed by atoms with Crippen LogP contribution in [0, 0.1) is 0 Å². The minimum atomic E-state index is -1.66. The number of amides is 4. The van der Waals surface area contributed by atoms with E-state index >= 15 is 0 Å². The fourth-order valence-corrected chi connectivity index (χ4v) is 7.04. The summed E-state index contributed by atoms with van der Waals surface area (Å²) in [5.74, 6) is -3.24. The number of nitrogens with zero attached hydrogens (tertiary/aromatic N) is 4. The van der Waals surface area contributed by atoms with Gasteiger partial charge < -0.3 is 26.0 Å². The van der Waals surface area contributed by atoms with Crippen molar-refractivity contribution in [3.63, 3.8) is 0 Å². The number of aryl methyl sites for hydroxylation is 2. The van der Waals surface area contributed by atoms with Crippen molar-refractivity contribution in [3.8, 4) is 5.75 Å². The van der Waals surface area contributed by atoms with Crippen LogP contribution in [0.4, 0.5) is 34.1 Å². The van der Waals surface area contributed by atoms with Gasteiger partial charge in [0.25, 0.3) is 23.6 Å². The van der Waals surface area contributed by atoms with Crippen LogP contribution in [0.25, 0.3) is 0 Å². The summed E-state index contributed by atoms with van der Waals surface area (Å²) >= 11 is 30.7. The first kappa shape index (κ1) is 50.8. The molecular formula is C46H41Cl5N8O7. The van der Waals surface area contributed by atoms with Crippen LogP contribution < -0.4 is 26.0 Å². The van der Waals surface area contributed by atoms with Gasteiger partial charge in [-0.3, -0.25) is 28.8 Å². The first-order valence-corrected chi connectivity index (χ1v) is 22.4. The third-order valence-corrected chi connectivity index (χ3v) is 10.6. The highest BCUT2D eigenvalue weighted by atomic mass is 35.5. The Hall–Kier alpha value is -6.23. The van der Waals surface area contributed by atoms with Gasteiger partial charge in [-0.15, -0.1) is 34.8 Å². The number of benzene rings is 5. The maximum absolute atomic E-state index is 13.5. The van der Waals surface area contributed by atoms with Gasteiger partial charge in [-0.25, -0.2) is 0 Å². The van der Waals surface area contributed by atoms with Crippen LogP contribution in [0.3, 0.4) is 0 Å². The molecule has 0 radical (unpaired) electrons. The minimum Gasteiger partial charge on any atom is -0.490 e. The van der Waals surface area contributed by atoms with Crippen LogP contribution in [-0.2, 0) is 32.0 Å². The van der Waals surface area contributed by atoms with E-state index in [2.05, 4.69) is 41.7 Å². The number of azo groups is 2. The summed E-state index contributed by atoms with van der Waals surface area (Å²) < 4.78 is 5.74. The normalized spacial score (nSPS) is 12.0. The molecule has 5 rings (SSSR count). The SMILES string of the molecule is CC(=O)C(N=Nc1cccc(C(=O)Nc2cccc(CCCl)c2)c1Cl)C(=O)Nc1ccc(NC(=O)C(N=Nc2cccc(C(=O)Nc3cccc(CCCl)c3)c2Cl)C(C)=O)c(OCCCl)c1. The van der Waals surface area contributed by atoms with Gasteiger partial charge in [-0.2, -0.15) is 20.5 Å². The largest absolute Gasteiger partial charge is 0.490 e. The number of hydrogen-bond acceptors (Lipinski definition) is 11. The zero-order valence-electron chi connectivity index (χ0n) is 35.2. The van der Waals surface area contributed by atoms with Crippen molar-refractivity contribution < 1.29 is 33.5 Å². The van der Waals surface area contributed by atoms with E-state index in [0.29, 0.717) is 36.0 Å². The van der Waals surface area contributed by atoms with Gasteiger partial charge >= 0.3 is 0 Å². The predicted octanol–water partition coefficient (Wildman–Crippen LogP) is 11.0. The maximum Gasteiger partial charge on any atom is 0.258 e. The van der Waals surface area contributed by atoms with Crippen LogP contribution in [0.5, 0.6) is 5.75 Å².